The summed E-state index contributed by atoms with van der Waals surface area (Å²) in [5.41, 5.74) is 1.89. The fourth-order valence-corrected chi connectivity index (χ4v) is 5.13. The Labute approximate surface area is 197 Å². The lowest BCUT2D eigenvalue weighted by molar-refractivity contribution is 0.0607. The minimum atomic E-state index is -0.988. The highest BCUT2D eigenvalue weighted by molar-refractivity contribution is 5.72. The van der Waals surface area contributed by atoms with Crippen molar-refractivity contribution in [1.82, 2.24) is 30.7 Å². The van der Waals surface area contributed by atoms with Crippen LogP contribution in [-0.4, -0.2) is 68.4 Å². The molecule has 0 saturated carbocycles. The van der Waals surface area contributed by atoms with E-state index in [1.807, 2.05) is 18.0 Å². The lowest BCUT2D eigenvalue weighted by Crippen LogP contribution is -2.66. The van der Waals surface area contributed by atoms with Crippen LogP contribution in [0, 0.1) is 0 Å². The maximum atomic E-state index is 15.2. The molecule has 2 aliphatic rings. The normalized spacial score (nSPS) is 26.2. The number of halogens is 1. The Morgan fingerprint density at radius 1 is 1.18 bits per heavy atom. The molecule has 2 aromatic heterocycles. The van der Waals surface area contributed by atoms with E-state index in [0.29, 0.717) is 23.7 Å². The molecule has 2 bridgehead atoms. The zero-order chi connectivity index (χ0) is 23.9. The summed E-state index contributed by atoms with van der Waals surface area (Å²) in [5.74, 6) is 1.19. The van der Waals surface area contributed by atoms with Crippen LogP contribution in [-0.2, 0) is 0 Å². The van der Waals surface area contributed by atoms with Crippen LogP contribution in [0.4, 0.5) is 10.2 Å². The molecule has 2 aliphatic heterocycles. The third-order valence-electron chi connectivity index (χ3n) is 7.01. The third kappa shape index (κ3) is 4.13. The van der Waals surface area contributed by atoms with Crippen LogP contribution in [0.15, 0.2) is 36.7 Å². The number of benzene rings is 1. The van der Waals surface area contributed by atoms with E-state index in [4.69, 9.17) is 4.74 Å². The molecule has 3 aromatic rings. The molecule has 9 nitrogen and oxygen atoms in total. The van der Waals surface area contributed by atoms with E-state index in [0.717, 1.165) is 30.4 Å². The average Bonchev–Trinajstić information content (AvgIpc) is 2.86. The number of methoxy groups -OCH3 is 1. The summed E-state index contributed by atoms with van der Waals surface area (Å²) in [5, 5.41) is 30.4. The SMILES string of the molecule is COc1cc(-c2ccc(-c3ncc(N(C)[C@@H]4C[C@@]5(C)CCC[C@@H](N5)[C@@H]4F)nn3)c(O)c2)cnn1. The van der Waals surface area contributed by atoms with Gasteiger partial charge in [0.2, 0.25) is 5.88 Å². The Hall–Kier alpha value is -3.40. The van der Waals surface area contributed by atoms with Crippen LogP contribution in [0.3, 0.4) is 0 Å². The number of nitrogens with zero attached hydrogens (tertiary/aromatic N) is 6. The summed E-state index contributed by atoms with van der Waals surface area (Å²) >= 11 is 0. The van der Waals surface area contributed by atoms with Gasteiger partial charge in [0.1, 0.15) is 11.9 Å². The first-order chi connectivity index (χ1) is 16.4. The molecular weight excluding hydrogens is 437 g/mol. The van der Waals surface area contributed by atoms with Gasteiger partial charge in [0.15, 0.2) is 11.6 Å². The molecule has 0 unspecified atom stereocenters. The summed E-state index contributed by atoms with van der Waals surface area (Å²) < 4.78 is 20.3. The molecule has 0 amide bonds. The number of rotatable bonds is 5. The first kappa shape index (κ1) is 22.4. The largest absolute Gasteiger partial charge is 0.507 e. The quantitative estimate of drug-likeness (QED) is 0.587. The van der Waals surface area contributed by atoms with Gasteiger partial charge < -0.3 is 20.1 Å². The van der Waals surface area contributed by atoms with Crippen molar-refractivity contribution < 1.29 is 14.2 Å². The standard InChI is InChI=1S/C24H28FN7O2/c1-24-8-4-5-17(28-24)22(25)18(11-24)32(2)20-13-26-23(31-29-20)16-7-6-14(9-19(16)33)15-10-21(34-3)30-27-12-15/h6-7,9-10,12-13,17-18,22,28,33H,4-5,8,11H2,1-3H3/t17-,18-,22+,24-/m1/s1. The van der Waals surface area contributed by atoms with Crippen LogP contribution in [0.25, 0.3) is 22.5 Å². The van der Waals surface area contributed by atoms with Gasteiger partial charge in [-0.05, 0) is 50.3 Å². The van der Waals surface area contributed by atoms with Gasteiger partial charge in [-0.2, -0.15) is 5.10 Å². The number of phenols is 1. The number of fused-ring (bicyclic) bond motifs is 2. The lowest BCUT2D eigenvalue weighted by Gasteiger charge is -2.51. The van der Waals surface area contributed by atoms with Gasteiger partial charge in [0, 0.05) is 30.3 Å². The minimum absolute atomic E-state index is 0.0131. The average molecular weight is 466 g/mol. The van der Waals surface area contributed by atoms with Crippen molar-refractivity contribution in [3.63, 3.8) is 0 Å². The van der Waals surface area contributed by atoms with Crippen LogP contribution in [0.5, 0.6) is 11.6 Å². The summed E-state index contributed by atoms with van der Waals surface area (Å²) in [4.78, 5) is 6.26. The molecule has 0 spiro atoms. The van der Waals surface area contributed by atoms with Crippen molar-refractivity contribution in [3.05, 3.63) is 36.7 Å². The molecule has 2 N–H and O–H groups in total. The van der Waals surface area contributed by atoms with E-state index >= 15 is 4.39 Å². The highest BCUT2D eigenvalue weighted by Gasteiger charge is 2.47. The second-order valence-electron chi connectivity index (χ2n) is 9.39. The highest BCUT2D eigenvalue weighted by Crippen LogP contribution is 2.38. The lowest BCUT2D eigenvalue weighted by atomic mass is 9.74. The molecule has 4 heterocycles. The van der Waals surface area contributed by atoms with E-state index in [2.05, 4.69) is 37.6 Å². The maximum absolute atomic E-state index is 15.2. The topological polar surface area (TPSA) is 109 Å². The number of anilines is 1. The fraction of sp³-hybridized carbons (Fsp3) is 0.458. The van der Waals surface area contributed by atoms with Gasteiger partial charge in [-0.25, -0.2) is 9.37 Å². The molecule has 5 rings (SSSR count). The number of aromatic nitrogens is 5. The fourth-order valence-electron chi connectivity index (χ4n) is 5.13. The first-order valence-electron chi connectivity index (χ1n) is 11.4. The Kier molecular flexibility index (Phi) is 5.76. The van der Waals surface area contributed by atoms with E-state index in [9.17, 15) is 5.11 Å². The number of hydrogen-bond donors (Lipinski definition) is 2. The van der Waals surface area contributed by atoms with Gasteiger partial charge >= 0.3 is 0 Å². The number of nitrogens with one attached hydrogen (secondary N) is 1. The molecule has 0 radical (unpaired) electrons. The van der Waals surface area contributed by atoms with Gasteiger partial charge in [0.05, 0.1) is 31.1 Å². The second-order valence-corrected chi connectivity index (χ2v) is 9.39. The molecule has 10 heteroatoms. The summed E-state index contributed by atoms with van der Waals surface area (Å²) in [6.07, 6.45) is 5.82. The van der Waals surface area contributed by atoms with Crippen molar-refractivity contribution in [2.24, 2.45) is 0 Å². The zero-order valence-electron chi connectivity index (χ0n) is 19.4. The second kappa shape index (κ2) is 8.75. The molecule has 4 atom stereocenters. The smallest absolute Gasteiger partial charge is 0.233 e. The molecule has 0 aliphatic carbocycles. The zero-order valence-corrected chi connectivity index (χ0v) is 19.4. The Morgan fingerprint density at radius 3 is 2.76 bits per heavy atom. The van der Waals surface area contributed by atoms with Crippen LogP contribution < -0.4 is 15.0 Å². The van der Waals surface area contributed by atoms with E-state index in [-0.39, 0.29) is 29.2 Å². The maximum Gasteiger partial charge on any atom is 0.233 e. The van der Waals surface area contributed by atoms with Crippen molar-refractivity contribution in [2.45, 2.75) is 56.4 Å². The Morgan fingerprint density at radius 2 is 2.03 bits per heavy atom. The van der Waals surface area contributed by atoms with Crippen molar-refractivity contribution >= 4 is 5.82 Å². The molecule has 1 aromatic carbocycles. The first-order valence-corrected chi connectivity index (χ1v) is 11.4. The number of ether oxygens (including phenoxy) is 1. The number of hydrogen-bond acceptors (Lipinski definition) is 9. The summed E-state index contributed by atoms with van der Waals surface area (Å²) in [6, 6.07) is 6.47. The van der Waals surface area contributed by atoms with Crippen molar-refractivity contribution in [2.75, 3.05) is 19.1 Å². The molecule has 2 saturated heterocycles. The van der Waals surface area contributed by atoms with Gasteiger partial charge in [-0.15, -0.1) is 15.3 Å². The van der Waals surface area contributed by atoms with Crippen LogP contribution >= 0.6 is 0 Å². The highest BCUT2D eigenvalue weighted by atomic mass is 19.1. The van der Waals surface area contributed by atoms with Crippen molar-refractivity contribution in [3.8, 4) is 34.1 Å². The van der Waals surface area contributed by atoms with E-state index in [1.54, 1.807) is 30.6 Å². The molecule has 34 heavy (non-hydrogen) atoms. The predicted octanol–water partition coefficient (Wildman–Crippen LogP) is 3.16. The minimum Gasteiger partial charge on any atom is -0.507 e. The van der Waals surface area contributed by atoms with E-state index in [1.165, 1.54) is 7.11 Å². The van der Waals surface area contributed by atoms with Gasteiger partial charge in [-0.1, -0.05) is 6.07 Å². The van der Waals surface area contributed by atoms with E-state index < -0.39 is 6.17 Å². The summed E-state index contributed by atoms with van der Waals surface area (Å²) in [7, 11) is 3.36. The molecular formula is C24H28FN7O2. The number of alkyl halides is 1. The Balaban J connectivity index is 1.36. The van der Waals surface area contributed by atoms with Gasteiger partial charge in [0.25, 0.3) is 0 Å². The number of piperidine rings is 2. The predicted molar refractivity (Wildman–Crippen MR) is 125 cm³/mol. The van der Waals surface area contributed by atoms with Gasteiger partial charge in [-0.3, -0.25) is 0 Å². The monoisotopic (exact) mass is 465 g/mol. The van der Waals surface area contributed by atoms with Crippen LogP contribution in [0.2, 0.25) is 0 Å². The molecule has 178 valence electrons. The number of aromatic hydroxyl groups is 1. The molecule has 2 fully saturated rings. The Bertz CT molecular complexity index is 1180. The third-order valence-corrected chi connectivity index (χ3v) is 7.01. The van der Waals surface area contributed by atoms with Crippen molar-refractivity contribution in [1.29, 1.82) is 0 Å². The number of phenolic OH excluding ortho intramolecular Hbond substituents is 1. The van der Waals surface area contributed by atoms with Crippen LogP contribution in [0.1, 0.15) is 32.6 Å². The summed E-state index contributed by atoms with van der Waals surface area (Å²) in [6.45, 7) is 2.17.